The van der Waals surface area contributed by atoms with E-state index < -0.39 is 0 Å². The fourth-order valence-electron chi connectivity index (χ4n) is 16.3. The minimum atomic E-state index is 0.610. The first-order valence-corrected chi connectivity index (χ1v) is 37.4. The molecule has 0 aliphatic heterocycles. The van der Waals surface area contributed by atoms with E-state index in [9.17, 15) is 0 Å². The average Bonchev–Trinajstić information content (AvgIpc) is 1.56. The van der Waals surface area contributed by atoms with Gasteiger partial charge in [-0.1, -0.05) is 231 Å². The number of hydrogen-bond acceptors (Lipinski definition) is 10. The van der Waals surface area contributed by atoms with Crippen molar-refractivity contribution in [1.82, 2.24) is 29.9 Å². The Kier molecular flexibility index (Phi) is 15.0. The van der Waals surface area contributed by atoms with Crippen LogP contribution < -0.4 is 0 Å². The summed E-state index contributed by atoms with van der Waals surface area (Å²) in [6, 6.07) is 118. The zero-order valence-corrected chi connectivity index (χ0v) is 60.0. The van der Waals surface area contributed by atoms with Crippen LogP contribution in [0.5, 0.6) is 0 Å². The van der Waals surface area contributed by atoms with Crippen LogP contribution in [0, 0.1) is 0 Å². The van der Waals surface area contributed by atoms with E-state index in [1.165, 1.54) is 0 Å². The number of hydrogen-bond donors (Lipinski definition) is 0. The number of nitrogens with zero attached hydrogens (tertiary/aromatic N) is 6. The highest BCUT2D eigenvalue weighted by Gasteiger charge is 2.24. The molecule has 0 aliphatic rings. The summed E-state index contributed by atoms with van der Waals surface area (Å²) in [5.41, 5.74) is 28.9. The number of aromatic nitrogens is 6. The molecule has 10 heteroatoms. The van der Waals surface area contributed by atoms with E-state index in [1.807, 2.05) is 97.5 Å². The van der Waals surface area contributed by atoms with E-state index >= 15 is 0 Å². The van der Waals surface area contributed by atoms with Crippen LogP contribution in [-0.4, -0.2) is 29.9 Å². The average molecular weight is 1430 g/mol. The van der Waals surface area contributed by atoms with E-state index in [0.29, 0.717) is 11.6 Å². The van der Waals surface area contributed by atoms with Crippen molar-refractivity contribution in [2.24, 2.45) is 0 Å². The molecule has 8 heterocycles. The van der Waals surface area contributed by atoms with Gasteiger partial charge in [-0.15, -0.1) is 0 Å². The maximum absolute atomic E-state index is 7.11. The van der Waals surface area contributed by atoms with Gasteiger partial charge >= 0.3 is 0 Å². The second-order valence-electron chi connectivity index (χ2n) is 28.4. The van der Waals surface area contributed by atoms with Gasteiger partial charge in [-0.05, 0) is 159 Å². The van der Waals surface area contributed by atoms with Crippen LogP contribution in [-0.2, 0) is 0 Å². The molecule has 0 saturated carbocycles. The normalized spacial score (nSPS) is 11.8. The number of furan rings is 4. The summed E-state index contributed by atoms with van der Waals surface area (Å²) in [6.45, 7) is 0. The lowest BCUT2D eigenvalue weighted by molar-refractivity contribution is 0.669. The molecule has 0 aliphatic carbocycles. The molecule has 14 aromatic carbocycles. The second kappa shape index (κ2) is 26.3. The molecular weight excluding hydrogens is 1370 g/mol. The predicted octanol–water partition coefficient (Wildman–Crippen LogP) is 27.3. The number of benzene rings is 14. The van der Waals surface area contributed by atoms with Crippen LogP contribution in [0.1, 0.15) is 0 Å². The number of rotatable bonds is 13. The molecule has 8 aromatic heterocycles. The third-order valence-electron chi connectivity index (χ3n) is 21.7. The highest BCUT2D eigenvalue weighted by molar-refractivity contribution is 6.15. The summed E-state index contributed by atoms with van der Waals surface area (Å²) < 4.78 is 27.8. The molecule has 0 atom stereocenters. The molecule has 0 spiro atoms. The third-order valence-corrected chi connectivity index (χ3v) is 21.7. The first kappa shape index (κ1) is 64.0. The van der Waals surface area contributed by atoms with Gasteiger partial charge in [0.2, 0.25) is 0 Å². The van der Waals surface area contributed by atoms with Crippen molar-refractivity contribution in [1.29, 1.82) is 0 Å². The van der Waals surface area contributed by atoms with Crippen molar-refractivity contribution in [2.45, 2.75) is 0 Å². The van der Waals surface area contributed by atoms with Gasteiger partial charge in [-0.3, -0.25) is 9.97 Å². The predicted molar refractivity (Wildman–Crippen MR) is 453 cm³/mol. The molecule has 0 radical (unpaired) electrons. The topological polar surface area (TPSA) is 130 Å². The Labute approximate surface area is 641 Å². The van der Waals surface area contributed by atoms with Gasteiger partial charge in [0.05, 0.1) is 22.8 Å². The van der Waals surface area contributed by atoms with Crippen LogP contribution in [0.2, 0.25) is 0 Å². The van der Waals surface area contributed by atoms with Crippen LogP contribution >= 0.6 is 0 Å². The first-order valence-electron chi connectivity index (χ1n) is 37.4. The van der Waals surface area contributed by atoms with Gasteiger partial charge in [0.25, 0.3) is 0 Å². The Morgan fingerprint density at radius 2 is 0.518 bits per heavy atom. The highest BCUT2D eigenvalue weighted by Crippen LogP contribution is 2.47. The summed E-state index contributed by atoms with van der Waals surface area (Å²) in [4.78, 5) is 30.3. The Morgan fingerprint density at radius 1 is 0.170 bits per heavy atom. The highest BCUT2D eigenvalue weighted by atomic mass is 16.3. The van der Waals surface area contributed by atoms with Gasteiger partial charge in [0, 0.05) is 129 Å². The number of fused-ring (bicyclic) bond motifs is 12. The lowest BCUT2D eigenvalue weighted by atomic mass is 9.92. The van der Waals surface area contributed by atoms with Crippen LogP contribution in [0.15, 0.2) is 382 Å². The van der Waals surface area contributed by atoms with Crippen molar-refractivity contribution >= 4 is 87.8 Å². The first-order chi connectivity index (χ1) is 55.4. The van der Waals surface area contributed by atoms with Crippen molar-refractivity contribution in [2.75, 3.05) is 0 Å². The maximum atomic E-state index is 7.11. The standard InChI is InChI=1S/C102H60N6O4/c1-3-19-62(20-4-1)101-105-89(67-24-13-23-64(49-67)61-44-47-103-48-45-61)58-90(106-101)73-52-69(76-30-14-34-83-81-28-9-11-38-93(81)109-97(76)83)50-71(53-73)78-32-16-36-85-87-56-65(40-42-95(87)111-99(78)85)66-41-43-96-88(57-66)86-37-17-33-79(100(86)112-96)72-51-70(77-31-15-35-84-82-29-10-12-39-94(82)110-98(77)84)54-74(55-72)91-59-92(108-102(107-91)63-21-5-2-6-22-63)80-27-8-7-26-75(80)68-25-18-46-104-60-68/h1-60H. The smallest absolute Gasteiger partial charge is 0.160 e. The molecule has 0 amide bonds. The summed E-state index contributed by atoms with van der Waals surface area (Å²) in [5.74, 6) is 1.23. The van der Waals surface area contributed by atoms with Gasteiger partial charge in [-0.25, -0.2) is 19.9 Å². The summed E-state index contributed by atoms with van der Waals surface area (Å²) in [5, 5.41) is 8.19. The quantitative estimate of drug-likeness (QED) is 0.110. The fourth-order valence-corrected chi connectivity index (χ4v) is 16.3. The molecule has 0 bridgehead atoms. The Balaban J connectivity index is 0.675. The summed E-state index contributed by atoms with van der Waals surface area (Å²) in [6.07, 6.45) is 7.35. The van der Waals surface area contributed by atoms with Crippen molar-refractivity contribution in [3.63, 3.8) is 0 Å². The molecule has 22 rings (SSSR count). The van der Waals surface area contributed by atoms with E-state index in [4.69, 9.17) is 37.6 Å². The molecule has 10 nitrogen and oxygen atoms in total. The maximum Gasteiger partial charge on any atom is 0.160 e. The largest absolute Gasteiger partial charge is 0.455 e. The lowest BCUT2D eigenvalue weighted by Crippen LogP contribution is -1.97. The zero-order chi connectivity index (χ0) is 73.7. The van der Waals surface area contributed by atoms with Crippen LogP contribution in [0.3, 0.4) is 0 Å². The number of pyridine rings is 2. The Hall–Kier alpha value is -15.3. The minimum Gasteiger partial charge on any atom is -0.455 e. The lowest BCUT2D eigenvalue weighted by Gasteiger charge is -2.15. The van der Waals surface area contributed by atoms with Gasteiger partial charge < -0.3 is 17.7 Å². The molecule has 0 N–H and O–H groups in total. The summed E-state index contributed by atoms with van der Waals surface area (Å²) >= 11 is 0. The van der Waals surface area contributed by atoms with E-state index in [-0.39, 0.29) is 0 Å². The minimum absolute atomic E-state index is 0.610. The molecule has 522 valence electrons. The van der Waals surface area contributed by atoms with Gasteiger partial charge in [0.15, 0.2) is 11.6 Å². The molecule has 22 aromatic rings. The fraction of sp³-hybridized carbons (Fsp3) is 0. The van der Waals surface area contributed by atoms with Crippen molar-refractivity contribution < 1.29 is 17.7 Å². The summed E-state index contributed by atoms with van der Waals surface area (Å²) in [7, 11) is 0. The van der Waals surface area contributed by atoms with Crippen molar-refractivity contribution in [3.8, 4) is 146 Å². The monoisotopic (exact) mass is 1430 g/mol. The second-order valence-corrected chi connectivity index (χ2v) is 28.4. The van der Waals surface area contributed by atoms with Crippen LogP contribution in [0.25, 0.3) is 233 Å². The van der Waals surface area contributed by atoms with Crippen molar-refractivity contribution in [3.05, 3.63) is 365 Å². The van der Waals surface area contributed by atoms with Crippen LogP contribution in [0.4, 0.5) is 0 Å². The third kappa shape index (κ3) is 11.1. The van der Waals surface area contributed by atoms with Gasteiger partial charge in [-0.2, -0.15) is 0 Å². The Morgan fingerprint density at radius 3 is 1.01 bits per heavy atom. The van der Waals surface area contributed by atoms with E-state index in [1.54, 1.807) is 6.20 Å². The molecular formula is C102H60N6O4. The van der Waals surface area contributed by atoms with E-state index in [0.717, 1.165) is 222 Å². The molecule has 0 unspecified atom stereocenters. The molecule has 0 fully saturated rings. The zero-order valence-electron chi connectivity index (χ0n) is 60.0. The molecule has 112 heavy (non-hydrogen) atoms. The SMILES string of the molecule is c1ccc(-c2nc(-c3cccc(-c4ccncc4)c3)cc(-c3cc(-c4cccc5c4oc4ccccc45)cc(-c4cccc5c4oc4ccc(-c6ccc7oc8c(-c9cc(-c%10cc(-c%11ccccc%11-c%11cccnc%11)nc(-c%11ccccc%11)n%10)cc(-c%10cccc%11c%10oc%10ccccc%10%11)c9)cccc8c7c6)cc45)c3)n2)cc1. The molecule has 0 saturated heterocycles. The number of para-hydroxylation sites is 6. The Bertz CT molecular complexity index is 7510. The van der Waals surface area contributed by atoms with Gasteiger partial charge in [0.1, 0.15) is 44.7 Å². The van der Waals surface area contributed by atoms with E-state index in [2.05, 4.69) is 271 Å².